The van der Waals surface area contributed by atoms with Crippen LogP contribution in [0.4, 0.5) is 8.78 Å². The molecule has 0 aromatic heterocycles. The van der Waals surface area contributed by atoms with Gasteiger partial charge in [-0.1, -0.05) is 0 Å². The van der Waals surface area contributed by atoms with E-state index >= 15 is 0 Å². The summed E-state index contributed by atoms with van der Waals surface area (Å²) in [6.45, 7) is -1.95. The van der Waals surface area contributed by atoms with Crippen molar-refractivity contribution in [3.05, 3.63) is 0 Å². The first-order valence-electron chi connectivity index (χ1n) is 10.3. The van der Waals surface area contributed by atoms with Gasteiger partial charge in [0.2, 0.25) is 0 Å². The number of cyclic esters (lactones) is 1. The summed E-state index contributed by atoms with van der Waals surface area (Å²) in [6.07, 6.45) is 4.15. The molecule has 0 spiro atoms. The van der Waals surface area contributed by atoms with E-state index in [0.717, 1.165) is 38.5 Å². The summed E-state index contributed by atoms with van der Waals surface area (Å²) in [6, 6.07) is 0. The first-order valence-corrected chi connectivity index (χ1v) is 11.7. The predicted molar refractivity (Wildman–Crippen MR) is 96.9 cm³/mol. The molecule has 0 radical (unpaired) electrons. The maximum Gasteiger partial charge on any atom is 0.392 e. The molecule has 0 aromatic rings. The monoisotopic (exact) mass is 452 g/mol. The molecule has 8 nitrogen and oxygen atoms in total. The number of hydrogen-bond donors (Lipinski definition) is 1. The fourth-order valence-electron chi connectivity index (χ4n) is 6.17. The molecule has 0 amide bonds. The van der Waals surface area contributed by atoms with Crippen LogP contribution in [0.2, 0.25) is 0 Å². The second kappa shape index (κ2) is 7.67. The fourth-order valence-corrected chi connectivity index (χ4v) is 6.41. The Bertz CT molecular complexity index is 776. The highest BCUT2D eigenvalue weighted by Gasteiger charge is 2.56. The zero-order chi connectivity index (χ0) is 21.7. The Morgan fingerprint density at radius 1 is 1.20 bits per heavy atom. The number of esters is 2. The molecular formula is C19H26F2O8S. The lowest BCUT2D eigenvalue weighted by Gasteiger charge is -2.58. The molecule has 1 N–H and O–H groups in total. The average Bonchev–Trinajstić information content (AvgIpc) is 3.05. The second-order valence-corrected chi connectivity index (χ2v) is 10.9. The van der Waals surface area contributed by atoms with Crippen LogP contribution in [0.25, 0.3) is 0 Å². The van der Waals surface area contributed by atoms with Crippen molar-refractivity contribution in [1.29, 1.82) is 0 Å². The maximum atomic E-state index is 13.6. The molecule has 4 saturated carbocycles. The molecule has 5 rings (SSSR count). The average molecular weight is 452 g/mol. The molecule has 0 aromatic carbocycles. The van der Waals surface area contributed by atoms with Gasteiger partial charge in [-0.25, -0.2) is 4.79 Å². The highest BCUT2D eigenvalue weighted by Crippen LogP contribution is 2.61. The summed E-state index contributed by atoms with van der Waals surface area (Å²) in [5.41, 5.74) is -0.416. The minimum atomic E-state index is -5.61. The standard InChI is InChI=1S/C19H26F2O8S/c20-19(21,30(24,25)26)10-27-9-15(29-17(23)14-1-2-16(22)28-14)18-6-11-3-12(7-18)5-13(4-11)8-18/h11-15H,1-10H2,(H,24,25,26). The number of rotatable bonds is 8. The van der Waals surface area contributed by atoms with Gasteiger partial charge in [-0.2, -0.15) is 17.2 Å². The van der Waals surface area contributed by atoms with Crippen molar-refractivity contribution >= 4 is 22.1 Å². The van der Waals surface area contributed by atoms with Crippen molar-refractivity contribution in [2.45, 2.75) is 68.8 Å². The Morgan fingerprint density at radius 3 is 2.23 bits per heavy atom. The van der Waals surface area contributed by atoms with Crippen LogP contribution in [0.5, 0.6) is 0 Å². The van der Waals surface area contributed by atoms with Crippen LogP contribution in [0.15, 0.2) is 0 Å². The Balaban J connectivity index is 1.48. The lowest BCUT2D eigenvalue weighted by atomic mass is 9.48. The van der Waals surface area contributed by atoms with E-state index in [4.69, 9.17) is 18.8 Å². The number of ether oxygens (including phenoxy) is 3. The van der Waals surface area contributed by atoms with Crippen molar-refractivity contribution in [2.75, 3.05) is 13.2 Å². The van der Waals surface area contributed by atoms with Gasteiger partial charge in [0.1, 0.15) is 12.7 Å². The Morgan fingerprint density at radius 2 is 1.77 bits per heavy atom. The SMILES string of the molecule is O=C1CCC(C(=O)OC(COCC(F)(F)S(=O)(=O)O)C23CC4CC(CC(C4)C2)C3)O1. The van der Waals surface area contributed by atoms with Crippen LogP contribution >= 0.6 is 0 Å². The predicted octanol–water partition coefficient (Wildman–Crippen LogP) is 2.32. The molecule has 1 aliphatic heterocycles. The van der Waals surface area contributed by atoms with Gasteiger partial charge in [-0.05, 0) is 56.3 Å². The Kier molecular flexibility index (Phi) is 5.59. The van der Waals surface area contributed by atoms with E-state index in [9.17, 15) is 26.8 Å². The molecule has 30 heavy (non-hydrogen) atoms. The van der Waals surface area contributed by atoms with Crippen LogP contribution in [0, 0.1) is 23.2 Å². The zero-order valence-electron chi connectivity index (χ0n) is 16.4. The van der Waals surface area contributed by atoms with Crippen molar-refractivity contribution in [3.8, 4) is 0 Å². The normalized spacial score (nSPS) is 36.6. The molecule has 1 saturated heterocycles. The van der Waals surface area contributed by atoms with Crippen molar-refractivity contribution in [1.82, 2.24) is 0 Å². The second-order valence-electron chi connectivity index (χ2n) is 9.35. The van der Waals surface area contributed by atoms with Gasteiger partial charge in [-0.15, -0.1) is 0 Å². The molecule has 5 aliphatic rings. The zero-order valence-corrected chi connectivity index (χ0v) is 17.2. The minimum Gasteiger partial charge on any atom is -0.457 e. The topological polar surface area (TPSA) is 116 Å². The number of carbonyl (C=O) groups is 2. The molecule has 1 heterocycles. The van der Waals surface area contributed by atoms with Gasteiger partial charge in [0.15, 0.2) is 6.10 Å². The molecule has 2 unspecified atom stereocenters. The van der Waals surface area contributed by atoms with Crippen molar-refractivity contribution in [2.24, 2.45) is 23.2 Å². The third-order valence-electron chi connectivity index (χ3n) is 7.09. The van der Waals surface area contributed by atoms with Gasteiger partial charge in [0, 0.05) is 18.3 Å². The molecule has 2 atom stereocenters. The van der Waals surface area contributed by atoms with Gasteiger partial charge >= 0.3 is 27.3 Å². The molecule has 4 bridgehead atoms. The highest BCUT2D eigenvalue weighted by molar-refractivity contribution is 7.86. The third-order valence-corrected chi connectivity index (χ3v) is 7.96. The lowest BCUT2D eigenvalue weighted by Crippen LogP contribution is -2.54. The van der Waals surface area contributed by atoms with Gasteiger partial charge in [0.25, 0.3) is 0 Å². The van der Waals surface area contributed by atoms with Crippen LogP contribution < -0.4 is 0 Å². The van der Waals surface area contributed by atoms with Crippen LogP contribution in [-0.2, 0) is 33.9 Å². The quantitative estimate of drug-likeness (QED) is 0.441. The summed E-state index contributed by atoms with van der Waals surface area (Å²) in [5, 5.41) is -4.45. The van der Waals surface area contributed by atoms with Crippen molar-refractivity contribution < 1.29 is 45.6 Å². The Labute approximate surface area is 173 Å². The smallest absolute Gasteiger partial charge is 0.392 e. The van der Waals surface area contributed by atoms with Gasteiger partial charge in [-0.3, -0.25) is 9.35 Å². The number of carbonyl (C=O) groups excluding carboxylic acids is 2. The van der Waals surface area contributed by atoms with Gasteiger partial charge < -0.3 is 14.2 Å². The van der Waals surface area contributed by atoms with Crippen LogP contribution in [0.3, 0.4) is 0 Å². The van der Waals surface area contributed by atoms with Gasteiger partial charge in [0.05, 0.1) is 6.61 Å². The van der Waals surface area contributed by atoms with E-state index < -0.39 is 58.1 Å². The molecule has 5 fully saturated rings. The fraction of sp³-hybridized carbons (Fsp3) is 0.895. The summed E-state index contributed by atoms with van der Waals surface area (Å²) in [4.78, 5) is 23.9. The first-order chi connectivity index (χ1) is 14.0. The van der Waals surface area contributed by atoms with E-state index in [2.05, 4.69) is 0 Å². The third kappa shape index (κ3) is 4.20. The first kappa shape index (κ1) is 21.9. The summed E-state index contributed by atoms with van der Waals surface area (Å²) in [7, 11) is -5.61. The van der Waals surface area contributed by atoms with E-state index in [1.807, 2.05) is 0 Å². The maximum absolute atomic E-state index is 13.6. The van der Waals surface area contributed by atoms with Crippen LogP contribution in [-0.4, -0.2) is 55.6 Å². The van der Waals surface area contributed by atoms with E-state index in [1.54, 1.807) is 0 Å². The van der Waals surface area contributed by atoms with E-state index in [1.165, 1.54) is 0 Å². The Hall–Kier alpha value is -1.33. The summed E-state index contributed by atoms with van der Waals surface area (Å²) in [5.74, 6) is 0.238. The molecule has 170 valence electrons. The molecule has 4 aliphatic carbocycles. The van der Waals surface area contributed by atoms with Crippen LogP contribution in [0.1, 0.15) is 51.4 Å². The lowest BCUT2D eigenvalue weighted by molar-refractivity contribution is -0.193. The highest BCUT2D eigenvalue weighted by atomic mass is 32.2. The largest absolute Gasteiger partial charge is 0.457 e. The number of halogens is 2. The van der Waals surface area contributed by atoms with E-state index in [-0.39, 0.29) is 12.8 Å². The summed E-state index contributed by atoms with van der Waals surface area (Å²) < 4.78 is 73.1. The summed E-state index contributed by atoms with van der Waals surface area (Å²) >= 11 is 0. The number of hydrogen-bond acceptors (Lipinski definition) is 7. The van der Waals surface area contributed by atoms with Crippen molar-refractivity contribution in [3.63, 3.8) is 0 Å². The number of alkyl halides is 2. The minimum absolute atomic E-state index is 0.110. The molecular weight excluding hydrogens is 426 g/mol. The molecule has 11 heteroatoms. The van der Waals surface area contributed by atoms with E-state index in [0.29, 0.717) is 17.8 Å².